The van der Waals surface area contributed by atoms with E-state index in [4.69, 9.17) is 15.9 Å². The number of carbonyl (C=O) groups is 3. The second-order valence-corrected chi connectivity index (χ2v) is 5.38. The van der Waals surface area contributed by atoms with E-state index in [0.717, 1.165) is 4.90 Å². The average Bonchev–Trinajstić information content (AvgIpc) is 2.89. The van der Waals surface area contributed by atoms with Gasteiger partial charge in [0.1, 0.15) is 13.2 Å². The van der Waals surface area contributed by atoms with E-state index in [1.165, 1.54) is 17.1 Å². The minimum absolute atomic E-state index is 0.0965. The first-order valence-corrected chi connectivity index (χ1v) is 6.43. The molecule has 2 aliphatic rings. The number of amides is 3. The lowest BCUT2D eigenvalue weighted by Gasteiger charge is -2.24. The van der Waals surface area contributed by atoms with Gasteiger partial charge in [-0.25, -0.2) is 14.5 Å². The minimum atomic E-state index is -0.695. The van der Waals surface area contributed by atoms with Crippen LogP contribution in [-0.4, -0.2) is 59.2 Å². The van der Waals surface area contributed by atoms with E-state index in [-0.39, 0.29) is 19.8 Å². The van der Waals surface area contributed by atoms with Gasteiger partial charge >= 0.3 is 12.2 Å². The van der Waals surface area contributed by atoms with Crippen LogP contribution in [0.3, 0.4) is 0 Å². The molecule has 0 spiro atoms. The van der Waals surface area contributed by atoms with Crippen LogP contribution < -0.4 is 0 Å². The second-order valence-electron chi connectivity index (χ2n) is 5.38. The molecule has 2 aliphatic heterocycles. The third-order valence-corrected chi connectivity index (χ3v) is 3.29. The maximum atomic E-state index is 12.1. The molecule has 0 aliphatic carbocycles. The van der Waals surface area contributed by atoms with Crippen LogP contribution in [0.2, 0.25) is 0 Å². The van der Waals surface area contributed by atoms with Crippen LogP contribution in [0.5, 0.6) is 0 Å². The number of hydrogen-bond acceptors (Lipinski definition) is 5. The average molecular weight is 292 g/mol. The van der Waals surface area contributed by atoms with Crippen LogP contribution in [0, 0.1) is 12.3 Å². The van der Waals surface area contributed by atoms with Crippen molar-refractivity contribution in [2.24, 2.45) is 0 Å². The van der Waals surface area contributed by atoms with Gasteiger partial charge in [-0.3, -0.25) is 9.69 Å². The summed E-state index contributed by atoms with van der Waals surface area (Å²) in [6.45, 7) is 3.84. The smallest absolute Gasteiger partial charge is 0.417 e. The van der Waals surface area contributed by atoms with Gasteiger partial charge in [-0.05, 0) is 13.8 Å². The fraction of sp³-hybridized carbons (Fsp3) is 0.500. The maximum Gasteiger partial charge on any atom is 0.417 e. The fourth-order valence-corrected chi connectivity index (χ4v) is 2.18. The van der Waals surface area contributed by atoms with Gasteiger partial charge < -0.3 is 9.47 Å². The van der Waals surface area contributed by atoms with Crippen molar-refractivity contribution in [2.45, 2.75) is 25.4 Å². The van der Waals surface area contributed by atoms with Gasteiger partial charge in [0.15, 0.2) is 0 Å². The topological polar surface area (TPSA) is 76.2 Å². The molecular weight excluding hydrogens is 276 g/mol. The lowest BCUT2D eigenvalue weighted by molar-refractivity contribution is -0.125. The highest BCUT2D eigenvalue weighted by Crippen LogP contribution is 2.24. The normalized spacial score (nSPS) is 24.1. The highest BCUT2D eigenvalue weighted by atomic mass is 16.6. The Morgan fingerprint density at radius 3 is 2.71 bits per heavy atom. The molecule has 2 fully saturated rings. The Labute approximate surface area is 122 Å². The molecule has 2 rings (SSSR count). The molecule has 0 radical (unpaired) electrons. The number of imide groups is 1. The van der Waals surface area contributed by atoms with Crippen LogP contribution in [-0.2, 0) is 14.3 Å². The van der Waals surface area contributed by atoms with Crippen molar-refractivity contribution in [2.75, 3.05) is 19.8 Å². The first-order valence-electron chi connectivity index (χ1n) is 6.43. The van der Waals surface area contributed by atoms with Crippen LogP contribution >= 0.6 is 0 Å². The van der Waals surface area contributed by atoms with Crippen molar-refractivity contribution in [3.63, 3.8) is 0 Å². The molecule has 0 N–H and O–H groups in total. The van der Waals surface area contributed by atoms with Gasteiger partial charge in [0, 0.05) is 6.08 Å². The van der Waals surface area contributed by atoms with Gasteiger partial charge in [0.05, 0.1) is 18.1 Å². The molecule has 0 aromatic rings. The molecule has 21 heavy (non-hydrogen) atoms. The van der Waals surface area contributed by atoms with Crippen LogP contribution in [0.1, 0.15) is 13.8 Å². The summed E-state index contributed by atoms with van der Waals surface area (Å²) in [4.78, 5) is 37.5. The molecule has 0 aromatic carbocycles. The van der Waals surface area contributed by atoms with Crippen LogP contribution in [0.15, 0.2) is 12.2 Å². The SMILES string of the molecule is C#CCN1C(=O)OC[C@@H]1/C=C/C(=O)N1C(=O)OCC1(C)C. The fourth-order valence-electron chi connectivity index (χ4n) is 2.18. The zero-order chi connectivity index (χ0) is 15.6. The number of rotatable bonds is 3. The van der Waals surface area contributed by atoms with Crippen molar-refractivity contribution in [1.82, 2.24) is 9.80 Å². The van der Waals surface area contributed by atoms with Crippen molar-refractivity contribution in [1.29, 1.82) is 0 Å². The van der Waals surface area contributed by atoms with E-state index in [0.29, 0.717) is 0 Å². The summed E-state index contributed by atoms with van der Waals surface area (Å²) in [6, 6.07) is -0.417. The highest BCUT2D eigenvalue weighted by Gasteiger charge is 2.43. The molecule has 112 valence electrons. The predicted octanol–water partition coefficient (Wildman–Crippen LogP) is 0.754. The Kier molecular flexibility index (Phi) is 3.89. The Bertz CT molecular complexity index is 546. The molecule has 0 saturated carbocycles. The Balaban J connectivity index is 2.07. The largest absolute Gasteiger partial charge is 0.447 e. The summed E-state index contributed by atoms with van der Waals surface area (Å²) >= 11 is 0. The maximum absolute atomic E-state index is 12.1. The van der Waals surface area contributed by atoms with Gasteiger partial charge in [-0.15, -0.1) is 6.42 Å². The second kappa shape index (κ2) is 5.48. The number of carbonyl (C=O) groups excluding carboxylic acids is 3. The van der Waals surface area contributed by atoms with Gasteiger partial charge in [-0.1, -0.05) is 12.0 Å². The summed E-state index contributed by atoms with van der Waals surface area (Å²) in [5.41, 5.74) is -0.695. The monoisotopic (exact) mass is 292 g/mol. The summed E-state index contributed by atoms with van der Waals surface area (Å²) in [7, 11) is 0. The summed E-state index contributed by atoms with van der Waals surface area (Å²) in [5.74, 6) is 1.86. The first kappa shape index (κ1) is 14.9. The predicted molar refractivity (Wildman–Crippen MR) is 72.1 cm³/mol. The van der Waals surface area contributed by atoms with Crippen molar-refractivity contribution in [3.05, 3.63) is 12.2 Å². The van der Waals surface area contributed by atoms with Crippen molar-refractivity contribution in [3.8, 4) is 12.3 Å². The quantitative estimate of drug-likeness (QED) is 0.567. The number of hydrogen-bond donors (Lipinski definition) is 0. The molecule has 2 saturated heterocycles. The molecule has 3 amide bonds. The van der Waals surface area contributed by atoms with Gasteiger partial charge in [0.2, 0.25) is 0 Å². The summed E-state index contributed by atoms with van der Waals surface area (Å²) in [5, 5.41) is 0. The molecule has 7 nitrogen and oxygen atoms in total. The number of terminal acetylenes is 1. The number of cyclic esters (lactones) is 2. The van der Waals surface area contributed by atoms with E-state index in [9.17, 15) is 14.4 Å². The Hall–Kier alpha value is -2.49. The highest BCUT2D eigenvalue weighted by molar-refractivity contribution is 6.00. The molecule has 7 heteroatoms. The molecule has 0 aromatic heterocycles. The standard InChI is InChI=1S/C14H16N2O5/c1-4-7-15-10(8-20-12(15)18)5-6-11(17)16-13(19)21-9-14(16,2)3/h1,5-6,10H,7-9H2,2-3H3/b6-5+/t10-/m0/s1. The van der Waals surface area contributed by atoms with Crippen LogP contribution in [0.4, 0.5) is 9.59 Å². The van der Waals surface area contributed by atoms with E-state index >= 15 is 0 Å². The lowest BCUT2D eigenvalue weighted by Crippen LogP contribution is -2.45. The molecule has 0 unspecified atom stereocenters. The summed E-state index contributed by atoms with van der Waals surface area (Å²) < 4.78 is 9.74. The van der Waals surface area contributed by atoms with E-state index in [1.54, 1.807) is 13.8 Å². The lowest BCUT2D eigenvalue weighted by atomic mass is 10.1. The zero-order valence-corrected chi connectivity index (χ0v) is 11.9. The van der Waals surface area contributed by atoms with Gasteiger partial charge in [-0.2, -0.15) is 0 Å². The zero-order valence-electron chi connectivity index (χ0n) is 11.9. The first-order chi connectivity index (χ1) is 9.86. The molecule has 2 heterocycles. The molecular formula is C14H16N2O5. The minimum Gasteiger partial charge on any atom is -0.447 e. The third-order valence-electron chi connectivity index (χ3n) is 3.29. The van der Waals surface area contributed by atoms with Gasteiger partial charge in [0.25, 0.3) is 5.91 Å². The molecule has 1 atom stereocenters. The third kappa shape index (κ3) is 2.84. The van der Waals surface area contributed by atoms with Crippen LogP contribution in [0.25, 0.3) is 0 Å². The Morgan fingerprint density at radius 2 is 2.14 bits per heavy atom. The summed E-state index contributed by atoms with van der Waals surface area (Å²) in [6.07, 6.45) is 6.74. The van der Waals surface area contributed by atoms with Crippen molar-refractivity contribution < 1.29 is 23.9 Å². The van der Waals surface area contributed by atoms with E-state index < -0.39 is 29.7 Å². The number of nitrogens with zero attached hydrogens (tertiary/aromatic N) is 2. The number of ether oxygens (including phenoxy) is 2. The Morgan fingerprint density at radius 1 is 1.43 bits per heavy atom. The van der Waals surface area contributed by atoms with E-state index in [2.05, 4.69) is 5.92 Å². The van der Waals surface area contributed by atoms with Crippen molar-refractivity contribution >= 4 is 18.1 Å². The van der Waals surface area contributed by atoms with E-state index in [1.807, 2.05) is 0 Å². The molecule has 0 bridgehead atoms.